The van der Waals surface area contributed by atoms with E-state index in [4.69, 9.17) is 15.2 Å². The molecule has 0 saturated carbocycles. The summed E-state index contributed by atoms with van der Waals surface area (Å²) in [6, 6.07) is 7.39. The highest BCUT2D eigenvalue weighted by Gasteiger charge is 2.03. The number of amides is 1. The van der Waals surface area contributed by atoms with Crippen molar-refractivity contribution in [2.45, 2.75) is 13.0 Å². The van der Waals surface area contributed by atoms with Crippen molar-refractivity contribution in [2.75, 3.05) is 26.9 Å². The van der Waals surface area contributed by atoms with Gasteiger partial charge in [0.2, 0.25) is 0 Å². The van der Waals surface area contributed by atoms with Crippen LogP contribution in [0, 0.1) is 0 Å². The van der Waals surface area contributed by atoms with Gasteiger partial charge in [-0.2, -0.15) is 0 Å². The fourth-order valence-electron chi connectivity index (χ4n) is 1.36. The predicted molar refractivity (Wildman–Crippen MR) is 69.4 cm³/mol. The highest BCUT2D eigenvalue weighted by Crippen LogP contribution is 2.15. The van der Waals surface area contributed by atoms with Crippen molar-refractivity contribution in [1.82, 2.24) is 5.32 Å². The van der Waals surface area contributed by atoms with E-state index in [-0.39, 0.29) is 18.6 Å². The number of rotatable bonds is 7. The first-order valence-electron chi connectivity index (χ1n) is 5.87. The number of nitrogens with two attached hydrogens (primary N) is 1. The molecule has 1 unspecified atom stereocenters. The molecular formula is C13H20N2O3. The molecule has 0 heterocycles. The molecule has 0 bridgehead atoms. The zero-order valence-electron chi connectivity index (χ0n) is 10.8. The van der Waals surface area contributed by atoms with Crippen LogP contribution in [0.1, 0.15) is 18.5 Å². The fraction of sp³-hybridized carbons (Fsp3) is 0.462. The number of hydrogen-bond acceptors (Lipinski definition) is 4. The maximum absolute atomic E-state index is 11.4. The van der Waals surface area contributed by atoms with E-state index in [1.54, 1.807) is 19.2 Å². The standard InChI is InChI=1S/C13H20N2O3/c1-10(14)11-3-5-12(6-4-11)18-9-13(16)15-7-8-17-2/h3-6,10H,7-9,14H2,1-2H3,(H,15,16). The molecule has 0 saturated heterocycles. The summed E-state index contributed by atoms with van der Waals surface area (Å²) in [5.74, 6) is 0.490. The average Bonchev–Trinajstić information content (AvgIpc) is 2.37. The molecule has 1 aromatic carbocycles. The summed E-state index contributed by atoms with van der Waals surface area (Å²) in [4.78, 5) is 11.4. The Balaban J connectivity index is 2.32. The van der Waals surface area contributed by atoms with Gasteiger partial charge in [0.1, 0.15) is 5.75 Å². The van der Waals surface area contributed by atoms with Gasteiger partial charge in [-0.25, -0.2) is 0 Å². The Morgan fingerprint density at radius 3 is 2.61 bits per heavy atom. The normalized spacial score (nSPS) is 11.9. The van der Waals surface area contributed by atoms with Gasteiger partial charge in [-0.1, -0.05) is 12.1 Å². The van der Waals surface area contributed by atoms with Crippen molar-refractivity contribution >= 4 is 5.91 Å². The fourth-order valence-corrected chi connectivity index (χ4v) is 1.36. The minimum atomic E-state index is -0.164. The third-order valence-corrected chi connectivity index (χ3v) is 2.40. The van der Waals surface area contributed by atoms with Crippen LogP contribution in [0.3, 0.4) is 0 Å². The monoisotopic (exact) mass is 252 g/mol. The SMILES string of the molecule is COCCNC(=O)COc1ccc(C(C)N)cc1. The molecule has 0 aliphatic carbocycles. The molecule has 0 fully saturated rings. The van der Waals surface area contributed by atoms with E-state index in [0.29, 0.717) is 18.9 Å². The van der Waals surface area contributed by atoms with Crippen LogP contribution in [0.2, 0.25) is 0 Å². The quantitative estimate of drug-likeness (QED) is 0.705. The van der Waals surface area contributed by atoms with Gasteiger partial charge in [0.25, 0.3) is 5.91 Å². The second-order valence-corrected chi connectivity index (χ2v) is 3.99. The van der Waals surface area contributed by atoms with E-state index in [2.05, 4.69) is 5.32 Å². The minimum Gasteiger partial charge on any atom is -0.484 e. The van der Waals surface area contributed by atoms with Gasteiger partial charge in [-0.3, -0.25) is 4.79 Å². The van der Waals surface area contributed by atoms with Gasteiger partial charge in [0, 0.05) is 19.7 Å². The zero-order chi connectivity index (χ0) is 13.4. The molecule has 0 spiro atoms. The lowest BCUT2D eigenvalue weighted by atomic mass is 10.1. The molecule has 0 aliphatic rings. The van der Waals surface area contributed by atoms with Crippen molar-refractivity contribution in [1.29, 1.82) is 0 Å². The van der Waals surface area contributed by atoms with Gasteiger partial charge in [0.05, 0.1) is 6.61 Å². The second-order valence-electron chi connectivity index (χ2n) is 3.99. The summed E-state index contributed by atoms with van der Waals surface area (Å²) in [7, 11) is 1.59. The van der Waals surface area contributed by atoms with Crippen molar-refractivity contribution in [3.63, 3.8) is 0 Å². The molecule has 1 rings (SSSR count). The summed E-state index contributed by atoms with van der Waals surface area (Å²) in [5.41, 5.74) is 6.77. The molecule has 18 heavy (non-hydrogen) atoms. The van der Waals surface area contributed by atoms with Crippen LogP contribution in [-0.4, -0.2) is 32.8 Å². The summed E-state index contributed by atoms with van der Waals surface area (Å²) in [5, 5.41) is 2.67. The first kappa shape index (κ1) is 14.5. The maximum atomic E-state index is 11.4. The van der Waals surface area contributed by atoms with Crippen LogP contribution in [0.5, 0.6) is 5.75 Å². The van der Waals surface area contributed by atoms with Crippen LogP contribution in [0.25, 0.3) is 0 Å². The van der Waals surface area contributed by atoms with Crippen LogP contribution in [-0.2, 0) is 9.53 Å². The Bertz CT molecular complexity index is 363. The summed E-state index contributed by atoms with van der Waals surface area (Å²) in [6.07, 6.45) is 0. The molecule has 1 atom stereocenters. The third kappa shape index (κ3) is 5.16. The van der Waals surface area contributed by atoms with Gasteiger partial charge >= 0.3 is 0 Å². The zero-order valence-corrected chi connectivity index (χ0v) is 10.8. The second kappa shape index (κ2) is 7.68. The van der Waals surface area contributed by atoms with Crippen molar-refractivity contribution < 1.29 is 14.3 Å². The Kier molecular flexibility index (Phi) is 6.18. The Morgan fingerprint density at radius 1 is 1.39 bits per heavy atom. The largest absolute Gasteiger partial charge is 0.484 e. The number of methoxy groups -OCH3 is 1. The van der Waals surface area contributed by atoms with E-state index >= 15 is 0 Å². The van der Waals surface area contributed by atoms with E-state index in [1.807, 2.05) is 19.1 Å². The molecular weight excluding hydrogens is 232 g/mol. The Labute approximate surface area is 107 Å². The van der Waals surface area contributed by atoms with E-state index in [0.717, 1.165) is 5.56 Å². The van der Waals surface area contributed by atoms with Crippen LogP contribution >= 0.6 is 0 Å². The molecule has 0 radical (unpaired) electrons. The van der Waals surface area contributed by atoms with Gasteiger partial charge in [0.15, 0.2) is 6.61 Å². The molecule has 100 valence electrons. The molecule has 0 aromatic heterocycles. The number of ether oxygens (including phenoxy) is 2. The molecule has 1 aromatic rings. The molecule has 5 heteroatoms. The molecule has 3 N–H and O–H groups in total. The third-order valence-electron chi connectivity index (χ3n) is 2.40. The molecule has 0 aliphatic heterocycles. The minimum absolute atomic E-state index is 0.00123. The van der Waals surface area contributed by atoms with Gasteiger partial charge < -0.3 is 20.5 Å². The number of carbonyl (C=O) groups excluding carboxylic acids is 1. The predicted octanol–water partition coefficient (Wildman–Crippen LogP) is 0.848. The number of nitrogens with one attached hydrogen (secondary N) is 1. The smallest absolute Gasteiger partial charge is 0.258 e. The topological polar surface area (TPSA) is 73.6 Å². The maximum Gasteiger partial charge on any atom is 0.258 e. The lowest BCUT2D eigenvalue weighted by molar-refractivity contribution is -0.123. The lowest BCUT2D eigenvalue weighted by Crippen LogP contribution is -2.31. The van der Waals surface area contributed by atoms with Gasteiger partial charge in [-0.05, 0) is 24.6 Å². The summed E-state index contributed by atoms with van der Waals surface area (Å²) >= 11 is 0. The Morgan fingerprint density at radius 2 is 2.06 bits per heavy atom. The lowest BCUT2D eigenvalue weighted by Gasteiger charge is -2.09. The van der Waals surface area contributed by atoms with Crippen molar-refractivity contribution in [3.8, 4) is 5.75 Å². The van der Waals surface area contributed by atoms with Crippen molar-refractivity contribution in [3.05, 3.63) is 29.8 Å². The first-order chi connectivity index (χ1) is 8.63. The first-order valence-corrected chi connectivity index (χ1v) is 5.87. The van der Waals surface area contributed by atoms with E-state index in [9.17, 15) is 4.79 Å². The van der Waals surface area contributed by atoms with Crippen LogP contribution < -0.4 is 15.8 Å². The van der Waals surface area contributed by atoms with Crippen LogP contribution in [0.15, 0.2) is 24.3 Å². The number of hydrogen-bond donors (Lipinski definition) is 2. The van der Waals surface area contributed by atoms with Crippen molar-refractivity contribution in [2.24, 2.45) is 5.73 Å². The number of benzene rings is 1. The Hall–Kier alpha value is -1.59. The van der Waals surface area contributed by atoms with Crippen LogP contribution in [0.4, 0.5) is 0 Å². The summed E-state index contributed by atoms with van der Waals surface area (Å²) < 4.78 is 10.2. The van der Waals surface area contributed by atoms with E-state index < -0.39 is 0 Å². The summed E-state index contributed by atoms with van der Waals surface area (Å²) in [6.45, 7) is 2.90. The highest BCUT2D eigenvalue weighted by molar-refractivity contribution is 5.77. The molecule has 1 amide bonds. The van der Waals surface area contributed by atoms with E-state index in [1.165, 1.54) is 0 Å². The average molecular weight is 252 g/mol. The van der Waals surface area contributed by atoms with Gasteiger partial charge in [-0.15, -0.1) is 0 Å². The highest BCUT2D eigenvalue weighted by atomic mass is 16.5. The molecule has 5 nitrogen and oxygen atoms in total. The number of carbonyl (C=O) groups is 1.